The predicted molar refractivity (Wildman–Crippen MR) is 79.6 cm³/mol. The van der Waals surface area contributed by atoms with Gasteiger partial charge in [0.05, 0.1) is 3.79 Å². The second kappa shape index (κ2) is 5.85. The molecule has 4 nitrogen and oxygen atoms in total. The summed E-state index contributed by atoms with van der Waals surface area (Å²) in [6, 6.07) is 7.83. The summed E-state index contributed by atoms with van der Waals surface area (Å²) >= 11 is 7.85. The molecule has 0 aliphatic rings. The number of halogens is 2. The predicted octanol–water partition coefficient (Wildman–Crippen LogP) is 3.59. The molecule has 2 rings (SSSR count). The molecule has 0 bridgehead atoms. The minimum atomic E-state index is -0.570. The Morgan fingerprint density at radius 1 is 1.21 bits per heavy atom. The molecule has 0 fully saturated rings. The molecule has 1 aromatic heterocycles. The molecule has 0 aliphatic heterocycles. The van der Waals surface area contributed by atoms with E-state index in [4.69, 9.17) is 10.5 Å². The van der Waals surface area contributed by atoms with E-state index in [9.17, 15) is 9.59 Å². The van der Waals surface area contributed by atoms with Crippen molar-refractivity contribution in [1.29, 1.82) is 0 Å². The van der Waals surface area contributed by atoms with Gasteiger partial charge in [-0.15, -0.1) is 11.3 Å². The van der Waals surface area contributed by atoms with Crippen LogP contribution in [0.25, 0.3) is 0 Å². The maximum absolute atomic E-state index is 11.9. The van der Waals surface area contributed by atoms with Gasteiger partial charge in [0.1, 0.15) is 10.6 Å². The Hall–Kier alpha value is -1.18. The molecule has 0 saturated heterocycles. The number of benzene rings is 1. The second-order valence-corrected chi connectivity index (χ2v) is 6.74. The third kappa shape index (κ3) is 3.43. The monoisotopic (exact) mass is 403 g/mol. The highest BCUT2D eigenvalue weighted by molar-refractivity contribution is 9.13. The van der Waals surface area contributed by atoms with Crippen molar-refractivity contribution in [2.45, 2.75) is 0 Å². The highest BCUT2D eigenvalue weighted by Gasteiger charge is 2.14. The van der Waals surface area contributed by atoms with Crippen LogP contribution in [0.5, 0.6) is 5.75 Å². The number of thiophene rings is 1. The first-order valence-electron chi connectivity index (χ1n) is 5.04. The van der Waals surface area contributed by atoms with Crippen LogP contribution in [0, 0.1) is 0 Å². The lowest BCUT2D eigenvalue weighted by atomic mass is 10.2. The number of rotatable bonds is 3. The second-order valence-electron chi connectivity index (χ2n) is 3.51. The van der Waals surface area contributed by atoms with Crippen molar-refractivity contribution in [2.24, 2.45) is 5.73 Å². The van der Waals surface area contributed by atoms with Crippen LogP contribution in [0.2, 0.25) is 0 Å². The van der Waals surface area contributed by atoms with Crippen LogP contribution in [0.4, 0.5) is 0 Å². The van der Waals surface area contributed by atoms with Gasteiger partial charge in [-0.1, -0.05) is 6.07 Å². The molecule has 0 atom stereocenters. The molecule has 7 heteroatoms. The number of ether oxygens (including phenoxy) is 1. The van der Waals surface area contributed by atoms with E-state index >= 15 is 0 Å². The fourth-order valence-corrected chi connectivity index (χ4v) is 3.23. The Morgan fingerprint density at radius 2 is 1.95 bits per heavy atom. The van der Waals surface area contributed by atoms with E-state index in [1.54, 1.807) is 24.3 Å². The number of esters is 1. The van der Waals surface area contributed by atoms with Crippen molar-refractivity contribution in [1.82, 2.24) is 0 Å². The molecular weight excluding hydrogens is 398 g/mol. The summed E-state index contributed by atoms with van der Waals surface area (Å²) in [7, 11) is 0. The van der Waals surface area contributed by atoms with Crippen molar-refractivity contribution >= 4 is 55.1 Å². The van der Waals surface area contributed by atoms with Crippen LogP contribution in [-0.4, -0.2) is 11.9 Å². The maximum Gasteiger partial charge on any atom is 0.353 e. The number of amides is 1. The lowest BCUT2D eigenvalue weighted by molar-refractivity contribution is 0.0738. The summed E-state index contributed by atoms with van der Waals surface area (Å²) in [6.07, 6.45) is 0. The molecule has 0 aliphatic carbocycles. The van der Waals surface area contributed by atoms with Gasteiger partial charge in [-0.05, 0) is 56.1 Å². The van der Waals surface area contributed by atoms with Gasteiger partial charge in [0.2, 0.25) is 5.91 Å². The van der Waals surface area contributed by atoms with Crippen molar-refractivity contribution in [3.05, 3.63) is 49.0 Å². The standard InChI is InChI=1S/C12H7Br2NO3S/c13-8-5-9(19-10(8)14)12(17)18-7-3-1-2-6(4-7)11(15)16/h1-5H,(H2,15,16). The molecule has 2 aromatic rings. The lowest BCUT2D eigenvalue weighted by Crippen LogP contribution is -2.12. The van der Waals surface area contributed by atoms with Crippen LogP contribution in [-0.2, 0) is 0 Å². The van der Waals surface area contributed by atoms with Crippen LogP contribution < -0.4 is 10.5 Å². The first-order valence-corrected chi connectivity index (χ1v) is 7.44. The molecule has 2 N–H and O–H groups in total. The zero-order valence-corrected chi connectivity index (χ0v) is 13.3. The van der Waals surface area contributed by atoms with Crippen LogP contribution in [0.1, 0.15) is 20.0 Å². The Kier molecular flexibility index (Phi) is 4.38. The highest BCUT2D eigenvalue weighted by Crippen LogP contribution is 2.32. The van der Waals surface area contributed by atoms with Gasteiger partial charge in [-0.25, -0.2) is 4.79 Å². The number of hydrogen-bond donors (Lipinski definition) is 1. The Balaban J connectivity index is 2.19. The molecule has 98 valence electrons. The van der Waals surface area contributed by atoms with Gasteiger partial charge in [-0.3, -0.25) is 4.79 Å². The molecule has 1 amide bonds. The van der Waals surface area contributed by atoms with Crippen molar-refractivity contribution in [3.8, 4) is 5.75 Å². The smallest absolute Gasteiger partial charge is 0.353 e. The molecule has 0 radical (unpaired) electrons. The summed E-state index contributed by atoms with van der Waals surface area (Å²) in [5, 5.41) is 0. The molecule has 0 unspecified atom stereocenters. The van der Waals surface area contributed by atoms with Gasteiger partial charge >= 0.3 is 5.97 Å². The fourth-order valence-electron chi connectivity index (χ4n) is 1.32. The third-order valence-electron chi connectivity index (χ3n) is 2.18. The normalized spacial score (nSPS) is 10.2. The lowest BCUT2D eigenvalue weighted by Gasteiger charge is -2.03. The Morgan fingerprint density at radius 3 is 2.53 bits per heavy atom. The summed E-state index contributed by atoms with van der Waals surface area (Å²) < 4.78 is 6.78. The number of carbonyl (C=O) groups excluding carboxylic acids is 2. The van der Waals surface area contributed by atoms with Gasteiger partial charge in [0.15, 0.2) is 0 Å². The largest absolute Gasteiger partial charge is 0.422 e. The Bertz CT molecular complexity index is 635. The molecule has 19 heavy (non-hydrogen) atoms. The number of hydrogen-bond acceptors (Lipinski definition) is 4. The summed E-state index contributed by atoms with van der Waals surface area (Å²) in [6.45, 7) is 0. The summed E-state index contributed by atoms with van der Waals surface area (Å²) in [4.78, 5) is 23.4. The summed E-state index contributed by atoms with van der Waals surface area (Å²) in [5.41, 5.74) is 5.45. The zero-order chi connectivity index (χ0) is 14.0. The third-order valence-corrected chi connectivity index (χ3v) is 5.41. The van der Waals surface area contributed by atoms with E-state index in [0.29, 0.717) is 10.4 Å². The minimum absolute atomic E-state index is 0.280. The van der Waals surface area contributed by atoms with Crippen LogP contribution >= 0.6 is 43.2 Å². The van der Waals surface area contributed by atoms with E-state index in [2.05, 4.69) is 31.9 Å². The topological polar surface area (TPSA) is 69.4 Å². The SMILES string of the molecule is NC(=O)c1cccc(OC(=O)c2cc(Br)c(Br)s2)c1. The average molecular weight is 405 g/mol. The van der Waals surface area contributed by atoms with Gasteiger partial charge in [-0.2, -0.15) is 0 Å². The molecule has 1 aromatic carbocycles. The molecular formula is C12H7Br2NO3S. The molecule has 1 heterocycles. The van der Waals surface area contributed by atoms with E-state index in [0.717, 1.165) is 8.26 Å². The Labute approximate surface area is 129 Å². The quantitative estimate of drug-likeness (QED) is 0.627. The van der Waals surface area contributed by atoms with Crippen molar-refractivity contribution in [3.63, 3.8) is 0 Å². The minimum Gasteiger partial charge on any atom is -0.422 e. The molecule has 0 spiro atoms. The average Bonchev–Trinajstić information content (AvgIpc) is 2.70. The maximum atomic E-state index is 11.9. The first kappa shape index (κ1) is 14.2. The van der Waals surface area contributed by atoms with Gasteiger partial charge in [0.25, 0.3) is 0 Å². The number of nitrogens with two attached hydrogens (primary N) is 1. The fraction of sp³-hybridized carbons (Fsp3) is 0. The van der Waals surface area contributed by atoms with Gasteiger partial charge < -0.3 is 10.5 Å². The van der Waals surface area contributed by atoms with E-state index < -0.39 is 11.9 Å². The van der Waals surface area contributed by atoms with Crippen LogP contribution in [0.15, 0.2) is 38.6 Å². The van der Waals surface area contributed by atoms with Crippen molar-refractivity contribution in [2.75, 3.05) is 0 Å². The zero-order valence-electron chi connectivity index (χ0n) is 9.35. The van der Waals surface area contributed by atoms with Gasteiger partial charge in [0, 0.05) is 10.0 Å². The van der Waals surface area contributed by atoms with Crippen molar-refractivity contribution < 1.29 is 14.3 Å². The van der Waals surface area contributed by atoms with E-state index in [1.165, 1.54) is 17.4 Å². The first-order chi connectivity index (χ1) is 8.97. The highest BCUT2D eigenvalue weighted by atomic mass is 79.9. The van der Waals surface area contributed by atoms with Crippen LogP contribution in [0.3, 0.4) is 0 Å². The van der Waals surface area contributed by atoms with E-state index in [1.807, 2.05) is 0 Å². The number of primary amides is 1. The summed E-state index contributed by atoms with van der Waals surface area (Å²) in [5.74, 6) is -0.778. The van der Waals surface area contributed by atoms with E-state index in [-0.39, 0.29) is 5.75 Å². The number of carbonyl (C=O) groups is 2. The molecule has 0 saturated carbocycles.